The van der Waals surface area contributed by atoms with Gasteiger partial charge in [-0.25, -0.2) is 0 Å². The van der Waals surface area contributed by atoms with E-state index in [-0.39, 0.29) is 23.0 Å². The van der Waals surface area contributed by atoms with Gasteiger partial charge in [0.15, 0.2) is 0 Å². The molecule has 8 nitrogen and oxygen atoms in total. The van der Waals surface area contributed by atoms with Gasteiger partial charge in [0.1, 0.15) is 5.75 Å². The highest BCUT2D eigenvalue weighted by Crippen LogP contribution is 2.41. The van der Waals surface area contributed by atoms with E-state index in [1.165, 1.54) is 5.56 Å². The summed E-state index contributed by atoms with van der Waals surface area (Å²) in [5.74, 6) is 0.464. The first-order valence-corrected chi connectivity index (χ1v) is 14.1. The third kappa shape index (κ3) is 5.74. The summed E-state index contributed by atoms with van der Waals surface area (Å²) >= 11 is 0.995. The van der Waals surface area contributed by atoms with Crippen LogP contribution in [0.3, 0.4) is 0 Å². The van der Waals surface area contributed by atoms with Crippen molar-refractivity contribution < 1.29 is 23.9 Å². The van der Waals surface area contributed by atoms with Gasteiger partial charge in [0.2, 0.25) is 11.8 Å². The number of thioether (sulfide) groups is 1. The van der Waals surface area contributed by atoms with Crippen molar-refractivity contribution >= 4 is 46.1 Å². The molecular weight excluding hydrogens is 526 g/mol. The van der Waals surface area contributed by atoms with Gasteiger partial charge in [-0.15, -0.1) is 0 Å². The van der Waals surface area contributed by atoms with Crippen LogP contribution in [-0.4, -0.2) is 35.3 Å². The normalized spacial score (nSPS) is 16.6. The number of imide groups is 1. The van der Waals surface area contributed by atoms with E-state index in [2.05, 4.69) is 24.5 Å². The number of amides is 4. The quantitative estimate of drug-likeness (QED) is 0.382. The molecule has 40 heavy (non-hydrogen) atoms. The van der Waals surface area contributed by atoms with Crippen molar-refractivity contribution in [2.45, 2.75) is 50.8 Å². The molecule has 2 aliphatic rings. The summed E-state index contributed by atoms with van der Waals surface area (Å²) in [4.78, 5) is 51.5. The van der Waals surface area contributed by atoms with E-state index >= 15 is 0 Å². The topological polar surface area (TPSA) is 105 Å². The number of anilines is 2. The van der Waals surface area contributed by atoms with Crippen molar-refractivity contribution in [1.82, 2.24) is 5.32 Å². The van der Waals surface area contributed by atoms with Crippen LogP contribution >= 0.6 is 11.8 Å². The maximum Gasteiger partial charge on any atom is 0.286 e. The number of carbonyl (C=O) groups excluding carboxylic acids is 4. The molecule has 206 valence electrons. The van der Waals surface area contributed by atoms with Gasteiger partial charge in [0.25, 0.3) is 11.1 Å². The monoisotopic (exact) mass is 557 g/mol. The van der Waals surface area contributed by atoms with E-state index in [4.69, 9.17) is 4.74 Å². The molecule has 3 aromatic rings. The fourth-order valence-corrected chi connectivity index (χ4v) is 5.92. The number of ether oxygens (including phenoxy) is 1. The molecule has 4 amide bonds. The molecule has 3 aromatic carbocycles. The Kier molecular flexibility index (Phi) is 7.93. The minimum Gasteiger partial charge on any atom is -0.495 e. The lowest BCUT2D eigenvalue weighted by atomic mass is 9.92. The molecule has 2 N–H and O–H groups in total. The van der Waals surface area contributed by atoms with Gasteiger partial charge in [-0.2, -0.15) is 0 Å². The van der Waals surface area contributed by atoms with Gasteiger partial charge < -0.3 is 15.0 Å². The number of fused-ring (bicyclic) bond motifs is 1. The first kappa shape index (κ1) is 27.5. The number of rotatable bonds is 8. The first-order valence-electron chi connectivity index (χ1n) is 13.2. The molecule has 1 fully saturated rings. The van der Waals surface area contributed by atoms with E-state index < -0.39 is 5.25 Å². The number of hydrogen-bond acceptors (Lipinski definition) is 6. The van der Waals surface area contributed by atoms with E-state index in [0.717, 1.165) is 34.1 Å². The number of methoxy groups -OCH3 is 1. The van der Waals surface area contributed by atoms with Crippen LogP contribution in [0.15, 0.2) is 60.7 Å². The fourth-order valence-electron chi connectivity index (χ4n) is 5.07. The Hall–Kier alpha value is -4.11. The smallest absolute Gasteiger partial charge is 0.286 e. The van der Waals surface area contributed by atoms with Crippen LogP contribution in [0.25, 0.3) is 0 Å². The number of hydrogen-bond donors (Lipinski definition) is 2. The molecule has 5 rings (SSSR count). The Morgan fingerprint density at radius 1 is 1.02 bits per heavy atom. The SMILES string of the molecule is COc1ccc(CC2SC(=O)NC2=O)c2c1N(Cc1ccc(C(=O)Nc3ccc(C(C)C)cc3)cc1)C(=O)CC2. The Labute approximate surface area is 237 Å². The summed E-state index contributed by atoms with van der Waals surface area (Å²) < 4.78 is 5.63. The van der Waals surface area contributed by atoms with Crippen molar-refractivity contribution in [2.75, 3.05) is 17.3 Å². The molecule has 0 aromatic heterocycles. The zero-order valence-corrected chi connectivity index (χ0v) is 23.5. The van der Waals surface area contributed by atoms with E-state index in [1.54, 1.807) is 30.2 Å². The van der Waals surface area contributed by atoms with Gasteiger partial charge in [-0.1, -0.05) is 55.9 Å². The summed E-state index contributed by atoms with van der Waals surface area (Å²) in [6, 6.07) is 18.7. The second kappa shape index (κ2) is 11.6. The molecule has 9 heteroatoms. The van der Waals surface area contributed by atoms with E-state index in [9.17, 15) is 19.2 Å². The number of benzene rings is 3. The molecule has 0 radical (unpaired) electrons. The average molecular weight is 558 g/mol. The van der Waals surface area contributed by atoms with Crippen molar-refractivity contribution in [2.24, 2.45) is 0 Å². The lowest BCUT2D eigenvalue weighted by Crippen LogP contribution is -2.35. The second-order valence-corrected chi connectivity index (χ2v) is 11.4. The Morgan fingerprint density at radius 3 is 2.38 bits per heavy atom. The lowest BCUT2D eigenvalue weighted by Gasteiger charge is -2.32. The summed E-state index contributed by atoms with van der Waals surface area (Å²) in [5.41, 5.74) is 5.88. The standard InChI is InChI=1S/C31H31N3O5S/c1-18(2)20-8-11-23(12-9-20)32-29(36)21-6-4-19(5-7-21)17-34-27(35)15-13-24-22(10-14-25(39-3)28(24)34)16-26-30(37)33-31(38)40-26/h4-12,14,18,26H,13,15-17H2,1-3H3,(H,32,36)(H,33,37,38). The first-order chi connectivity index (χ1) is 19.2. The van der Waals surface area contributed by atoms with Crippen LogP contribution in [0.2, 0.25) is 0 Å². The molecule has 1 unspecified atom stereocenters. The third-order valence-corrected chi connectivity index (χ3v) is 8.27. The van der Waals surface area contributed by atoms with Crippen molar-refractivity contribution in [3.8, 4) is 5.75 Å². The molecule has 2 aliphatic heterocycles. The zero-order valence-electron chi connectivity index (χ0n) is 22.7. The average Bonchev–Trinajstić information content (AvgIpc) is 3.26. The molecule has 0 aliphatic carbocycles. The Bertz CT molecular complexity index is 1470. The minimum atomic E-state index is -0.497. The predicted octanol–water partition coefficient (Wildman–Crippen LogP) is 5.44. The highest BCUT2D eigenvalue weighted by atomic mass is 32.2. The fraction of sp³-hybridized carbons (Fsp3) is 0.290. The summed E-state index contributed by atoms with van der Waals surface area (Å²) in [5, 5.41) is 4.43. The highest BCUT2D eigenvalue weighted by Gasteiger charge is 2.35. The largest absolute Gasteiger partial charge is 0.495 e. The van der Waals surface area contributed by atoms with Gasteiger partial charge in [0.05, 0.1) is 24.6 Å². The molecule has 2 heterocycles. The maximum absolute atomic E-state index is 13.1. The Morgan fingerprint density at radius 2 is 1.75 bits per heavy atom. The third-order valence-electron chi connectivity index (χ3n) is 7.29. The maximum atomic E-state index is 13.1. The van der Waals surface area contributed by atoms with Crippen molar-refractivity contribution in [1.29, 1.82) is 0 Å². The molecule has 0 saturated carbocycles. The molecule has 1 saturated heterocycles. The number of nitrogens with one attached hydrogen (secondary N) is 2. The van der Waals surface area contributed by atoms with Crippen molar-refractivity contribution in [3.05, 3.63) is 88.5 Å². The molecular formula is C31H31N3O5S. The summed E-state index contributed by atoms with van der Waals surface area (Å²) in [7, 11) is 1.56. The van der Waals surface area contributed by atoms with Crippen LogP contribution in [0.1, 0.15) is 58.8 Å². The minimum absolute atomic E-state index is 0.0298. The van der Waals surface area contributed by atoms with Crippen LogP contribution in [0, 0.1) is 0 Å². The van der Waals surface area contributed by atoms with Crippen LogP contribution in [0.4, 0.5) is 16.2 Å². The summed E-state index contributed by atoms with van der Waals surface area (Å²) in [6.07, 6.45) is 1.24. The highest BCUT2D eigenvalue weighted by molar-refractivity contribution is 8.15. The lowest BCUT2D eigenvalue weighted by molar-refractivity contribution is -0.119. The molecule has 0 spiro atoms. The van der Waals surface area contributed by atoms with Crippen molar-refractivity contribution in [3.63, 3.8) is 0 Å². The van der Waals surface area contributed by atoms with E-state index in [0.29, 0.717) is 48.7 Å². The van der Waals surface area contributed by atoms with Crippen LogP contribution < -0.4 is 20.3 Å². The van der Waals surface area contributed by atoms with Gasteiger partial charge >= 0.3 is 0 Å². The second-order valence-electron chi connectivity index (χ2n) is 10.2. The van der Waals surface area contributed by atoms with Crippen LogP contribution in [-0.2, 0) is 29.0 Å². The van der Waals surface area contributed by atoms with Gasteiger partial charge in [0, 0.05) is 17.7 Å². The Balaban J connectivity index is 1.34. The van der Waals surface area contributed by atoms with Crippen LogP contribution in [0.5, 0.6) is 5.75 Å². The van der Waals surface area contributed by atoms with Gasteiger partial charge in [-0.05, 0) is 71.3 Å². The molecule has 0 bridgehead atoms. The number of carbonyl (C=O) groups is 4. The predicted molar refractivity (Wildman–Crippen MR) is 156 cm³/mol. The van der Waals surface area contributed by atoms with Gasteiger partial charge in [-0.3, -0.25) is 24.5 Å². The molecule has 1 atom stereocenters. The van der Waals surface area contributed by atoms with E-state index in [1.807, 2.05) is 42.5 Å². The number of nitrogens with zero attached hydrogens (tertiary/aromatic N) is 1. The zero-order chi connectivity index (χ0) is 28.4. The summed E-state index contributed by atoms with van der Waals surface area (Å²) in [6.45, 7) is 4.55.